The molecule has 0 aromatic heterocycles. The molecule has 0 fully saturated rings. The van der Waals surface area contributed by atoms with Gasteiger partial charge in [-0.1, -0.05) is 56.1 Å². The fourth-order valence-electron chi connectivity index (χ4n) is 2.45. The molecule has 28 heavy (non-hydrogen) atoms. The molecule has 0 aliphatic heterocycles. The number of nitrogens with one attached hydrogen (secondary N) is 2. The van der Waals surface area contributed by atoms with Crippen LogP contribution in [-0.2, 0) is 10.2 Å². The zero-order valence-corrected chi connectivity index (χ0v) is 18.5. The maximum Gasteiger partial charge on any atom is 0.226 e. The summed E-state index contributed by atoms with van der Waals surface area (Å²) in [5, 5.41) is 6.68. The molecule has 0 radical (unpaired) electrons. The first-order chi connectivity index (χ1) is 13.1. The van der Waals surface area contributed by atoms with Gasteiger partial charge in [-0.25, -0.2) is 0 Å². The summed E-state index contributed by atoms with van der Waals surface area (Å²) < 4.78 is 5.69. The van der Waals surface area contributed by atoms with Crippen LogP contribution in [0.3, 0.4) is 0 Å². The summed E-state index contributed by atoms with van der Waals surface area (Å²) in [6.07, 6.45) is 0.886. The highest BCUT2D eigenvalue weighted by molar-refractivity contribution is 7.80. The lowest BCUT2D eigenvalue weighted by molar-refractivity contribution is -0.119. The molecular formula is C21H24Cl2N2O2S. The van der Waals surface area contributed by atoms with Gasteiger partial charge in [-0.3, -0.25) is 4.79 Å². The van der Waals surface area contributed by atoms with Gasteiger partial charge in [0, 0.05) is 22.2 Å². The Morgan fingerprint density at radius 1 is 1.07 bits per heavy atom. The van der Waals surface area contributed by atoms with E-state index in [-0.39, 0.29) is 16.4 Å². The summed E-state index contributed by atoms with van der Waals surface area (Å²) in [4.78, 5) is 12.0. The number of benzene rings is 2. The Kier molecular flexibility index (Phi) is 8.10. The van der Waals surface area contributed by atoms with Gasteiger partial charge in [0.05, 0.1) is 6.61 Å². The van der Waals surface area contributed by atoms with Crippen LogP contribution in [0.4, 0.5) is 5.69 Å². The molecule has 0 bridgehead atoms. The molecule has 1 amide bonds. The molecule has 2 aromatic carbocycles. The first-order valence-electron chi connectivity index (χ1n) is 8.94. The number of hydrogen-bond donors (Lipinski definition) is 2. The highest BCUT2D eigenvalue weighted by Gasteiger charge is 2.13. The van der Waals surface area contributed by atoms with E-state index in [9.17, 15) is 4.79 Å². The molecule has 0 atom stereocenters. The topological polar surface area (TPSA) is 50.4 Å². The number of ether oxygens (including phenoxy) is 1. The molecule has 0 aliphatic rings. The quantitative estimate of drug-likeness (QED) is 0.431. The van der Waals surface area contributed by atoms with E-state index in [2.05, 4.69) is 43.5 Å². The smallest absolute Gasteiger partial charge is 0.226 e. The van der Waals surface area contributed by atoms with Crippen LogP contribution in [0, 0.1) is 0 Å². The fraction of sp³-hybridized carbons (Fsp3) is 0.333. The van der Waals surface area contributed by atoms with Gasteiger partial charge >= 0.3 is 0 Å². The van der Waals surface area contributed by atoms with Crippen molar-refractivity contribution in [3.05, 3.63) is 58.1 Å². The molecule has 2 aromatic rings. The summed E-state index contributed by atoms with van der Waals surface area (Å²) in [6, 6.07) is 13.0. The van der Waals surface area contributed by atoms with Crippen LogP contribution < -0.4 is 15.4 Å². The number of amides is 1. The molecule has 2 rings (SSSR count). The number of carbonyl (C=O) groups excluding carboxylic acids is 1. The minimum atomic E-state index is -0.183. The maximum atomic E-state index is 12.0. The molecule has 0 aliphatic carbocycles. The van der Waals surface area contributed by atoms with Crippen molar-refractivity contribution in [2.24, 2.45) is 0 Å². The van der Waals surface area contributed by atoms with Crippen molar-refractivity contribution in [1.82, 2.24) is 5.32 Å². The lowest BCUT2D eigenvalue weighted by Crippen LogP contribution is -2.34. The molecule has 7 heteroatoms. The largest absolute Gasteiger partial charge is 0.494 e. The van der Waals surface area contributed by atoms with E-state index in [1.165, 1.54) is 5.56 Å². The molecule has 4 nitrogen and oxygen atoms in total. The normalized spacial score (nSPS) is 11.0. The second-order valence-corrected chi connectivity index (χ2v) is 8.67. The third-order valence-corrected chi connectivity index (χ3v) is 4.55. The van der Waals surface area contributed by atoms with Gasteiger partial charge in [0.2, 0.25) is 5.91 Å². The van der Waals surface area contributed by atoms with Gasteiger partial charge in [-0.05, 0) is 59.9 Å². The van der Waals surface area contributed by atoms with Gasteiger partial charge in [0.15, 0.2) is 5.11 Å². The summed E-state index contributed by atoms with van der Waals surface area (Å²) in [6.45, 7) is 6.96. The van der Waals surface area contributed by atoms with Crippen molar-refractivity contribution in [1.29, 1.82) is 0 Å². The summed E-state index contributed by atoms with van der Waals surface area (Å²) in [5.74, 6) is 0.612. The zero-order chi connectivity index (χ0) is 20.7. The van der Waals surface area contributed by atoms with E-state index < -0.39 is 0 Å². The molecule has 0 spiro atoms. The van der Waals surface area contributed by atoms with E-state index in [1.54, 1.807) is 18.2 Å². The first-order valence-corrected chi connectivity index (χ1v) is 10.1. The number of anilines is 1. The number of carbonyl (C=O) groups is 1. The average molecular weight is 439 g/mol. The third-order valence-electron chi connectivity index (χ3n) is 3.91. The standard InChI is InChI=1S/C21H24Cl2N2O2S/c1-21(2,3)14-6-8-18(9-7-14)27-10-4-5-19(26)25-20(28)24-17-12-15(22)11-16(23)13-17/h6-9,11-13H,4-5,10H2,1-3H3,(H2,24,25,26,28). The van der Waals surface area contributed by atoms with Gasteiger partial charge in [-0.15, -0.1) is 0 Å². The molecule has 0 saturated heterocycles. The van der Waals surface area contributed by atoms with Crippen molar-refractivity contribution in [3.63, 3.8) is 0 Å². The van der Waals surface area contributed by atoms with Crippen LogP contribution in [-0.4, -0.2) is 17.6 Å². The number of thiocarbonyl (C=S) groups is 1. The van der Waals surface area contributed by atoms with Crippen LogP contribution in [0.15, 0.2) is 42.5 Å². The Balaban J connectivity index is 1.70. The van der Waals surface area contributed by atoms with E-state index in [1.807, 2.05) is 12.1 Å². The van der Waals surface area contributed by atoms with Crippen LogP contribution in [0.2, 0.25) is 10.0 Å². The molecule has 0 heterocycles. The van der Waals surface area contributed by atoms with Crippen LogP contribution >= 0.6 is 35.4 Å². The van der Waals surface area contributed by atoms with Crippen LogP contribution in [0.25, 0.3) is 0 Å². The highest BCUT2D eigenvalue weighted by atomic mass is 35.5. The molecular weight excluding hydrogens is 415 g/mol. The van der Waals surface area contributed by atoms with Crippen molar-refractivity contribution in [3.8, 4) is 5.75 Å². The van der Waals surface area contributed by atoms with Crippen molar-refractivity contribution in [2.75, 3.05) is 11.9 Å². The number of halogens is 2. The minimum absolute atomic E-state index is 0.111. The fourth-order valence-corrected chi connectivity index (χ4v) is 3.21. The molecule has 0 unspecified atom stereocenters. The van der Waals surface area contributed by atoms with Gasteiger partial charge in [0.25, 0.3) is 0 Å². The SMILES string of the molecule is CC(C)(C)c1ccc(OCCCC(=O)NC(=S)Nc2cc(Cl)cc(Cl)c2)cc1. The van der Waals surface area contributed by atoms with E-state index in [0.717, 1.165) is 5.75 Å². The second-order valence-electron chi connectivity index (χ2n) is 7.39. The highest BCUT2D eigenvalue weighted by Crippen LogP contribution is 2.24. The third kappa shape index (κ3) is 7.66. The Labute approximate surface area is 181 Å². The van der Waals surface area contributed by atoms with Crippen LogP contribution in [0.1, 0.15) is 39.2 Å². The monoisotopic (exact) mass is 438 g/mol. The summed E-state index contributed by atoms with van der Waals surface area (Å²) in [7, 11) is 0. The average Bonchev–Trinajstić information content (AvgIpc) is 2.57. The maximum absolute atomic E-state index is 12.0. The van der Waals surface area contributed by atoms with Gasteiger partial charge in [-0.2, -0.15) is 0 Å². The van der Waals surface area contributed by atoms with E-state index >= 15 is 0 Å². The van der Waals surface area contributed by atoms with Crippen molar-refractivity contribution < 1.29 is 9.53 Å². The Hall–Kier alpha value is -1.82. The lowest BCUT2D eigenvalue weighted by atomic mass is 9.87. The summed E-state index contributed by atoms with van der Waals surface area (Å²) >= 11 is 17.0. The van der Waals surface area contributed by atoms with Crippen molar-refractivity contribution >= 4 is 52.1 Å². The van der Waals surface area contributed by atoms with E-state index in [4.69, 9.17) is 40.2 Å². The number of rotatable bonds is 6. The number of hydrogen-bond acceptors (Lipinski definition) is 3. The van der Waals surface area contributed by atoms with Crippen LogP contribution in [0.5, 0.6) is 5.75 Å². The molecule has 0 saturated carbocycles. The van der Waals surface area contributed by atoms with E-state index in [0.29, 0.717) is 35.2 Å². The predicted molar refractivity (Wildman–Crippen MR) is 121 cm³/mol. The van der Waals surface area contributed by atoms with Crippen molar-refractivity contribution in [2.45, 2.75) is 39.0 Å². The zero-order valence-electron chi connectivity index (χ0n) is 16.1. The first kappa shape index (κ1) is 22.5. The lowest BCUT2D eigenvalue weighted by Gasteiger charge is -2.19. The van der Waals surface area contributed by atoms with Gasteiger partial charge in [0.1, 0.15) is 5.75 Å². The molecule has 150 valence electrons. The second kappa shape index (κ2) is 10.1. The predicted octanol–water partition coefficient (Wildman–Crippen LogP) is 5.96. The minimum Gasteiger partial charge on any atom is -0.494 e. The molecule has 2 N–H and O–H groups in total. The Bertz CT molecular complexity index is 813. The summed E-state index contributed by atoms with van der Waals surface area (Å²) in [5.41, 5.74) is 1.98. The Morgan fingerprint density at radius 3 is 2.25 bits per heavy atom. The Morgan fingerprint density at radius 2 is 1.68 bits per heavy atom. The van der Waals surface area contributed by atoms with Gasteiger partial charge < -0.3 is 15.4 Å².